The summed E-state index contributed by atoms with van der Waals surface area (Å²) in [6.07, 6.45) is 1.61. The molecule has 3 heteroatoms. The van der Waals surface area contributed by atoms with Crippen LogP contribution in [0.25, 0.3) is 0 Å². The highest BCUT2D eigenvalue weighted by atomic mass is 14.9. The van der Waals surface area contributed by atoms with E-state index in [1.807, 2.05) is 13.8 Å². The fourth-order valence-corrected chi connectivity index (χ4v) is 1.18. The van der Waals surface area contributed by atoms with Crippen LogP contribution in [-0.2, 0) is 6.54 Å². The number of hydrogen-bond acceptors (Lipinski definition) is 3. The van der Waals surface area contributed by atoms with E-state index in [-0.39, 0.29) is 0 Å². The first-order chi connectivity index (χ1) is 6.11. The number of nitrogens with zero attached hydrogens (tertiary/aromatic N) is 2. The van der Waals surface area contributed by atoms with Gasteiger partial charge in [-0.15, -0.1) is 0 Å². The topological polar surface area (TPSA) is 37.8 Å². The molecule has 0 spiro atoms. The molecule has 1 N–H and O–H groups in total. The van der Waals surface area contributed by atoms with Crippen molar-refractivity contribution in [1.29, 1.82) is 0 Å². The Labute approximate surface area is 79.6 Å². The zero-order valence-electron chi connectivity index (χ0n) is 8.76. The third-order valence-corrected chi connectivity index (χ3v) is 2.06. The number of aromatic nitrogens is 2. The molecule has 0 amide bonds. The molecular formula is C10H17N3. The van der Waals surface area contributed by atoms with Gasteiger partial charge in [0.15, 0.2) is 0 Å². The summed E-state index contributed by atoms with van der Waals surface area (Å²) in [5.41, 5.74) is 3.36. The predicted octanol–water partition coefficient (Wildman–Crippen LogP) is 1.59. The van der Waals surface area contributed by atoms with Gasteiger partial charge in [0.25, 0.3) is 0 Å². The minimum atomic E-state index is 0.499. The van der Waals surface area contributed by atoms with E-state index in [0.717, 1.165) is 17.9 Å². The Bertz CT molecular complexity index is 261. The molecular weight excluding hydrogens is 162 g/mol. The average Bonchev–Trinajstić information content (AvgIpc) is 2.03. The van der Waals surface area contributed by atoms with Crippen molar-refractivity contribution in [3.63, 3.8) is 0 Å². The van der Waals surface area contributed by atoms with E-state index >= 15 is 0 Å². The molecule has 0 aliphatic heterocycles. The molecule has 1 rings (SSSR count). The molecule has 0 unspecified atom stereocenters. The molecule has 72 valence electrons. The van der Waals surface area contributed by atoms with Gasteiger partial charge < -0.3 is 5.32 Å². The molecule has 0 aromatic carbocycles. The lowest BCUT2D eigenvalue weighted by molar-refractivity contribution is 0.583. The van der Waals surface area contributed by atoms with Crippen molar-refractivity contribution in [3.8, 4) is 0 Å². The summed E-state index contributed by atoms with van der Waals surface area (Å²) in [6.45, 7) is 9.16. The average molecular weight is 179 g/mol. The van der Waals surface area contributed by atoms with Crippen LogP contribution >= 0.6 is 0 Å². The summed E-state index contributed by atoms with van der Waals surface area (Å²) in [5, 5.41) is 3.36. The normalized spacial score (nSPS) is 10.8. The molecule has 0 saturated heterocycles. The number of rotatable bonds is 3. The molecule has 0 aliphatic rings. The largest absolute Gasteiger partial charge is 0.310 e. The first-order valence-corrected chi connectivity index (χ1v) is 4.61. The molecule has 0 atom stereocenters. The van der Waals surface area contributed by atoms with Gasteiger partial charge in [-0.05, 0) is 13.8 Å². The van der Waals surface area contributed by atoms with Gasteiger partial charge in [-0.2, -0.15) is 0 Å². The minimum Gasteiger partial charge on any atom is -0.310 e. The van der Waals surface area contributed by atoms with Crippen molar-refractivity contribution in [2.45, 2.75) is 40.3 Å². The Hall–Kier alpha value is -0.960. The minimum absolute atomic E-state index is 0.499. The van der Waals surface area contributed by atoms with Crippen LogP contribution in [0.5, 0.6) is 0 Å². The van der Waals surface area contributed by atoms with E-state index < -0.39 is 0 Å². The Kier molecular flexibility index (Phi) is 3.37. The fraction of sp³-hybridized carbons (Fsp3) is 0.600. The van der Waals surface area contributed by atoms with Gasteiger partial charge in [-0.25, -0.2) is 9.97 Å². The van der Waals surface area contributed by atoms with E-state index in [4.69, 9.17) is 0 Å². The third-order valence-electron chi connectivity index (χ3n) is 2.06. The van der Waals surface area contributed by atoms with Gasteiger partial charge in [0.1, 0.15) is 6.33 Å². The van der Waals surface area contributed by atoms with Crippen LogP contribution in [0.2, 0.25) is 0 Å². The summed E-state index contributed by atoms with van der Waals surface area (Å²) < 4.78 is 0. The molecule has 1 aromatic rings. The summed E-state index contributed by atoms with van der Waals surface area (Å²) in [7, 11) is 0. The molecule has 0 saturated carbocycles. The fourth-order valence-electron chi connectivity index (χ4n) is 1.18. The van der Waals surface area contributed by atoms with Crippen molar-refractivity contribution < 1.29 is 0 Å². The molecule has 0 bridgehead atoms. The van der Waals surface area contributed by atoms with E-state index in [0.29, 0.717) is 6.04 Å². The van der Waals surface area contributed by atoms with E-state index in [9.17, 15) is 0 Å². The second kappa shape index (κ2) is 4.33. The highest BCUT2D eigenvalue weighted by molar-refractivity contribution is 5.22. The van der Waals surface area contributed by atoms with E-state index in [1.165, 1.54) is 5.56 Å². The Morgan fingerprint density at radius 2 is 1.77 bits per heavy atom. The van der Waals surface area contributed by atoms with Crippen molar-refractivity contribution in [1.82, 2.24) is 15.3 Å². The molecule has 1 heterocycles. The number of hydrogen-bond donors (Lipinski definition) is 1. The van der Waals surface area contributed by atoms with Crippen LogP contribution in [-0.4, -0.2) is 16.0 Å². The zero-order chi connectivity index (χ0) is 9.84. The highest BCUT2D eigenvalue weighted by Crippen LogP contribution is 2.07. The van der Waals surface area contributed by atoms with Crippen molar-refractivity contribution in [2.75, 3.05) is 0 Å². The second-order valence-corrected chi connectivity index (χ2v) is 3.56. The van der Waals surface area contributed by atoms with Crippen molar-refractivity contribution >= 4 is 0 Å². The maximum atomic E-state index is 4.17. The van der Waals surface area contributed by atoms with Crippen LogP contribution in [0.15, 0.2) is 6.33 Å². The van der Waals surface area contributed by atoms with Crippen molar-refractivity contribution in [3.05, 3.63) is 23.3 Å². The van der Waals surface area contributed by atoms with Crippen LogP contribution in [0, 0.1) is 13.8 Å². The standard InChI is InChI=1S/C10H17N3/c1-7(2)11-5-10-8(3)12-6-13-9(10)4/h6-7,11H,5H2,1-4H3. The van der Waals surface area contributed by atoms with Gasteiger partial charge in [0, 0.05) is 29.5 Å². The summed E-state index contributed by atoms with van der Waals surface area (Å²) in [5.74, 6) is 0. The summed E-state index contributed by atoms with van der Waals surface area (Å²) in [4.78, 5) is 8.33. The lowest BCUT2D eigenvalue weighted by Gasteiger charge is -2.11. The van der Waals surface area contributed by atoms with Gasteiger partial charge in [-0.1, -0.05) is 13.8 Å². The lowest BCUT2D eigenvalue weighted by atomic mass is 10.1. The molecule has 0 fully saturated rings. The SMILES string of the molecule is Cc1ncnc(C)c1CNC(C)C. The first kappa shape index (κ1) is 10.1. The van der Waals surface area contributed by atoms with E-state index in [2.05, 4.69) is 29.1 Å². The van der Waals surface area contributed by atoms with Gasteiger partial charge in [0.2, 0.25) is 0 Å². The maximum absolute atomic E-state index is 4.17. The number of aryl methyl sites for hydroxylation is 2. The van der Waals surface area contributed by atoms with Gasteiger partial charge in [0.05, 0.1) is 0 Å². The van der Waals surface area contributed by atoms with E-state index in [1.54, 1.807) is 6.33 Å². The highest BCUT2D eigenvalue weighted by Gasteiger charge is 2.04. The molecule has 0 radical (unpaired) electrons. The van der Waals surface area contributed by atoms with Crippen LogP contribution < -0.4 is 5.32 Å². The maximum Gasteiger partial charge on any atom is 0.115 e. The Morgan fingerprint density at radius 3 is 2.23 bits per heavy atom. The van der Waals surface area contributed by atoms with Gasteiger partial charge >= 0.3 is 0 Å². The Balaban J connectivity index is 2.75. The molecule has 13 heavy (non-hydrogen) atoms. The van der Waals surface area contributed by atoms with Crippen LogP contribution in [0.4, 0.5) is 0 Å². The quantitative estimate of drug-likeness (QED) is 0.765. The monoisotopic (exact) mass is 179 g/mol. The van der Waals surface area contributed by atoms with Crippen LogP contribution in [0.1, 0.15) is 30.8 Å². The van der Waals surface area contributed by atoms with Crippen molar-refractivity contribution in [2.24, 2.45) is 0 Å². The van der Waals surface area contributed by atoms with Crippen LogP contribution in [0.3, 0.4) is 0 Å². The summed E-state index contributed by atoms with van der Waals surface area (Å²) >= 11 is 0. The predicted molar refractivity (Wildman–Crippen MR) is 53.5 cm³/mol. The Morgan fingerprint density at radius 1 is 1.23 bits per heavy atom. The first-order valence-electron chi connectivity index (χ1n) is 4.61. The third kappa shape index (κ3) is 2.77. The second-order valence-electron chi connectivity index (χ2n) is 3.56. The smallest absolute Gasteiger partial charge is 0.115 e. The molecule has 3 nitrogen and oxygen atoms in total. The lowest BCUT2D eigenvalue weighted by Crippen LogP contribution is -2.23. The molecule has 0 aliphatic carbocycles. The molecule has 1 aromatic heterocycles. The summed E-state index contributed by atoms with van der Waals surface area (Å²) in [6, 6.07) is 0.499. The number of nitrogens with one attached hydrogen (secondary N) is 1. The van der Waals surface area contributed by atoms with Gasteiger partial charge in [-0.3, -0.25) is 0 Å². The zero-order valence-corrected chi connectivity index (χ0v) is 8.76.